The summed E-state index contributed by atoms with van der Waals surface area (Å²) in [5.74, 6) is 0.121. The third-order valence-corrected chi connectivity index (χ3v) is 4.40. The topological polar surface area (TPSA) is 81.4 Å². The zero-order chi connectivity index (χ0) is 15.0. The molecule has 0 aromatic carbocycles. The quantitative estimate of drug-likeness (QED) is 0.914. The van der Waals surface area contributed by atoms with Gasteiger partial charge < -0.3 is 9.84 Å². The summed E-state index contributed by atoms with van der Waals surface area (Å²) in [6, 6.07) is 3.10. The van der Waals surface area contributed by atoms with Crippen LogP contribution in [0.5, 0.6) is 5.75 Å². The Kier molecular flexibility index (Phi) is 3.50. The van der Waals surface area contributed by atoms with Gasteiger partial charge in [0, 0.05) is 12.3 Å². The summed E-state index contributed by atoms with van der Waals surface area (Å²) in [5, 5.41) is 9.38. The maximum Gasteiger partial charge on any atom is 0.347 e. The van der Waals surface area contributed by atoms with Crippen molar-refractivity contribution in [3.05, 3.63) is 39.3 Å². The number of hydrogen-bond acceptors (Lipinski definition) is 5. The van der Waals surface area contributed by atoms with Crippen molar-refractivity contribution in [1.82, 2.24) is 9.55 Å². The molecule has 21 heavy (non-hydrogen) atoms. The molecule has 2 aromatic rings. The van der Waals surface area contributed by atoms with Crippen LogP contribution >= 0.6 is 11.3 Å². The fourth-order valence-corrected chi connectivity index (χ4v) is 2.79. The molecule has 0 saturated heterocycles. The van der Waals surface area contributed by atoms with Crippen LogP contribution < -0.4 is 10.3 Å². The van der Waals surface area contributed by atoms with Crippen LogP contribution in [0.25, 0.3) is 5.13 Å². The van der Waals surface area contributed by atoms with Crippen molar-refractivity contribution in [2.24, 2.45) is 5.92 Å². The van der Waals surface area contributed by atoms with Crippen LogP contribution in [-0.4, -0.2) is 27.2 Å². The summed E-state index contributed by atoms with van der Waals surface area (Å²) >= 11 is 0.980. The lowest BCUT2D eigenvalue weighted by molar-refractivity contribution is 0.0701. The third-order valence-electron chi connectivity index (χ3n) is 3.26. The van der Waals surface area contributed by atoms with Gasteiger partial charge in [-0.3, -0.25) is 9.36 Å². The largest absolute Gasteiger partial charge is 0.493 e. The van der Waals surface area contributed by atoms with Gasteiger partial charge in [0.25, 0.3) is 5.56 Å². The van der Waals surface area contributed by atoms with E-state index in [4.69, 9.17) is 9.84 Å². The summed E-state index contributed by atoms with van der Waals surface area (Å²) in [4.78, 5) is 27.4. The van der Waals surface area contributed by atoms with Gasteiger partial charge in [-0.2, -0.15) is 0 Å². The van der Waals surface area contributed by atoms with Gasteiger partial charge in [0.1, 0.15) is 10.6 Å². The van der Waals surface area contributed by atoms with Crippen molar-refractivity contribution >= 4 is 17.3 Å². The maximum absolute atomic E-state index is 12.1. The first-order chi connectivity index (χ1) is 10.0. The van der Waals surface area contributed by atoms with E-state index in [0.29, 0.717) is 29.1 Å². The van der Waals surface area contributed by atoms with Crippen molar-refractivity contribution in [1.29, 1.82) is 0 Å². The minimum absolute atomic E-state index is 0.144. The van der Waals surface area contributed by atoms with Crippen molar-refractivity contribution in [3.63, 3.8) is 0 Å². The van der Waals surface area contributed by atoms with E-state index in [-0.39, 0.29) is 10.4 Å². The summed E-state index contributed by atoms with van der Waals surface area (Å²) in [7, 11) is 0. The first-order valence-electron chi connectivity index (χ1n) is 6.61. The van der Waals surface area contributed by atoms with Gasteiger partial charge in [0.05, 0.1) is 12.3 Å². The summed E-state index contributed by atoms with van der Waals surface area (Å²) in [6.07, 6.45) is 3.94. The summed E-state index contributed by atoms with van der Waals surface area (Å²) < 4.78 is 6.87. The van der Waals surface area contributed by atoms with E-state index in [1.807, 2.05) is 0 Å². The molecule has 1 N–H and O–H groups in total. The summed E-state index contributed by atoms with van der Waals surface area (Å²) in [5.41, 5.74) is 0.123. The molecular weight excluding hydrogens is 292 g/mol. The molecule has 1 saturated carbocycles. The van der Waals surface area contributed by atoms with E-state index < -0.39 is 5.97 Å². The van der Waals surface area contributed by atoms with Gasteiger partial charge >= 0.3 is 5.97 Å². The maximum atomic E-state index is 12.1. The highest BCUT2D eigenvalue weighted by atomic mass is 32.1. The van der Waals surface area contributed by atoms with Crippen LogP contribution in [0, 0.1) is 12.8 Å². The molecule has 0 atom stereocenters. The Bertz CT molecular complexity index is 746. The Labute approximate surface area is 124 Å². The number of aromatic carboxylic acids is 1. The number of rotatable bonds is 5. The van der Waals surface area contributed by atoms with Crippen molar-refractivity contribution < 1.29 is 14.6 Å². The molecule has 110 valence electrons. The van der Waals surface area contributed by atoms with E-state index >= 15 is 0 Å². The van der Waals surface area contributed by atoms with E-state index in [1.165, 1.54) is 23.5 Å². The van der Waals surface area contributed by atoms with Crippen LogP contribution in [0.4, 0.5) is 0 Å². The molecule has 6 nitrogen and oxygen atoms in total. The molecule has 0 aliphatic heterocycles. The Balaban J connectivity index is 1.86. The average molecular weight is 306 g/mol. The standard InChI is InChI=1S/C14H14N2O4S/c1-8-12(13(18)19)21-14(15-8)16-5-4-10(6-11(16)17)20-7-9-2-3-9/h4-6,9H,2-3,7H2,1H3,(H,18,19). The van der Waals surface area contributed by atoms with Crippen LogP contribution in [0.1, 0.15) is 28.2 Å². The lowest BCUT2D eigenvalue weighted by Gasteiger charge is -2.06. The highest BCUT2D eigenvalue weighted by Gasteiger charge is 2.22. The number of aromatic nitrogens is 2. The number of nitrogens with zero attached hydrogens (tertiary/aromatic N) is 2. The summed E-state index contributed by atoms with van der Waals surface area (Å²) in [6.45, 7) is 2.25. The Hall–Kier alpha value is -2.15. The highest BCUT2D eigenvalue weighted by Crippen LogP contribution is 2.29. The smallest absolute Gasteiger partial charge is 0.347 e. The number of thiazole rings is 1. The Morgan fingerprint density at radius 1 is 1.57 bits per heavy atom. The van der Waals surface area contributed by atoms with E-state index in [1.54, 1.807) is 19.2 Å². The Morgan fingerprint density at radius 3 is 2.90 bits per heavy atom. The molecule has 0 spiro atoms. The monoisotopic (exact) mass is 306 g/mol. The second kappa shape index (κ2) is 5.33. The molecule has 0 bridgehead atoms. The number of carboxylic acids is 1. The molecule has 0 unspecified atom stereocenters. The molecule has 0 radical (unpaired) electrons. The number of ether oxygens (including phenoxy) is 1. The van der Waals surface area contributed by atoms with Gasteiger partial charge in [-0.15, -0.1) is 0 Å². The zero-order valence-electron chi connectivity index (χ0n) is 11.4. The molecule has 2 aromatic heterocycles. The molecule has 0 amide bonds. The fourth-order valence-electron chi connectivity index (χ4n) is 1.89. The van der Waals surface area contributed by atoms with Crippen LogP contribution in [0.2, 0.25) is 0 Å². The minimum atomic E-state index is -1.03. The first kappa shape index (κ1) is 13.8. The second-order valence-corrected chi connectivity index (χ2v) is 6.02. The zero-order valence-corrected chi connectivity index (χ0v) is 12.2. The molecular formula is C14H14N2O4S. The van der Waals surface area contributed by atoms with E-state index in [0.717, 1.165) is 11.3 Å². The molecule has 7 heteroatoms. The number of aryl methyl sites for hydroxylation is 1. The number of hydrogen-bond donors (Lipinski definition) is 1. The van der Waals surface area contributed by atoms with Crippen LogP contribution in [0.15, 0.2) is 23.1 Å². The van der Waals surface area contributed by atoms with Gasteiger partial charge in [-0.25, -0.2) is 9.78 Å². The molecule has 2 heterocycles. The Morgan fingerprint density at radius 2 is 2.33 bits per heavy atom. The average Bonchev–Trinajstić information content (AvgIpc) is 3.18. The van der Waals surface area contributed by atoms with Crippen molar-refractivity contribution in [3.8, 4) is 10.9 Å². The van der Waals surface area contributed by atoms with Crippen LogP contribution in [0.3, 0.4) is 0 Å². The van der Waals surface area contributed by atoms with Gasteiger partial charge in [0.2, 0.25) is 0 Å². The van der Waals surface area contributed by atoms with Gasteiger partial charge in [-0.05, 0) is 31.7 Å². The minimum Gasteiger partial charge on any atom is -0.493 e. The molecule has 1 aliphatic rings. The van der Waals surface area contributed by atoms with Crippen molar-refractivity contribution in [2.45, 2.75) is 19.8 Å². The van der Waals surface area contributed by atoms with Gasteiger partial charge in [0.15, 0.2) is 5.13 Å². The van der Waals surface area contributed by atoms with Crippen LogP contribution in [-0.2, 0) is 0 Å². The molecule has 1 fully saturated rings. The highest BCUT2D eigenvalue weighted by molar-refractivity contribution is 7.16. The SMILES string of the molecule is Cc1nc(-n2ccc(OCC3CC3)cc2=O)sc1C(=O)O. The van der Waals surface area contributed by atoms with E-state index in [2.05, 4.69) is 4.98 Å². The lowest BCUT2D eigenvalue weighted by Crippen LogP contribution is -2.16. The number of carbonyl (C=O) groups is 1. The van der Waals surface area contributed by atoms with Crippen molar-refractivity contribution in [2.75, 3.05) is 6.61 Å². The predicted octanol–water partition coefficient (Wildman–Crippen LogP) is 2.09. The molecule has 3 rings (SSSR count). The lowest BCUT2D eigenvalue weighted by atomic mass is 10.4. The number of pyridine rings is 1. The first-order valence-corrected chi connectivity index (χ1v) is 7.43. The second-order valence-electron chi connectivity index (χ2n) is 5.04. The number of carboxylic acid groups (broad SMARTS) is 1. The molecule has 1 aliphatic carbocycles. The predicted molar refractivity (Wildman–Crippen MR) is 77.6 cm³/mol. The fraction of sp³-hybridized carbons (Fsp3) is 0.357. The van der Waals surface area contributed by atoms with Gasteiger partial charge in [-0.1, -0.05) is 11.3 Å². The van der Waals surface area contributed by atoms with E-state index in [9.17, 15) is 9.59 Å². The third kappa shape index (κ3) is 2.97. The normalized spacial score (nSPS) is 14.1.